The van der Waals surface area contributed by atoms with Crippen LogP contribution in [0.1, 0.15) is 26.7 Å². The fourth-order valence-electron chi connectivity index (χ4n) is 2.11. The van der Waals surface area contributed by atoms with Crippen molar-refractivity contribution in [1.82, 2.24) is 0 Å². The first-order chi connectivity index (χ1) is 11.6. The zero-order valence-electron chi connectivity index (χ0n) is 13.7. The van der Waals surface area contributed by atoms with Crippen LogP contribution in [0, 0.1) is 11.3 Å². The van der Waals surface area contributed by atoms with Crippen LogP contribution in [-0.2, 0) is 4.74 Å². The van der Waals surface area contributed by atoms with E-state index in [0.717, 1.165) is 13.8 Å². The summed E-state index contributed by atoms with van der Waals surface area (Å²) >= 11 is 0. The van der Waals surface area contributed by atoms with Crippen molar-refractivity contribution >= 4 is 17.5 Å². The van der Waals surface area contributed by atoms with Crippen LogP contribution in [0.2, 0.25) is 0 Å². The number of amides is 1. The van der Waals surface area contributed by atoms with E-state index in [1.165, 1.54) is 12.1 Å². The number of carbonyl (C=O) groups excluding carboxylic acids is 1. The first kappa shape index (κ1) is 18.7. The number of anilines is 2. The molecule has 0 saturated carbocycles. The number of halogens is 3. The monoisotopic (exact) mass is 357 g/mol. The number of alkyl halides is 3. The Hall–Kier alpha value is -2.63. The SMILES string of the molecule is CC(C)(OC(=O)Nc1ccc2c(c1)NCC(CCC#N)O2)C(F)(F)F. The van der Waals surface area contributed by atoms with Crippen LogP contribution in [0.5, 0.6) is 5.75 Å². The summed E-state index contributed by atoms with van der Waals surface area (Å²) in [4.78, 5) is 11.7. The maximum atomic E-state index is 12.7. The Morgan fingerprint density at radius 2 is 2.20 bits per heavy atom. The van der Waals surface area contributed by atoms with Crippen LogP contribution in [-0.4, -0.2) is 30.5 Å². The third-order valence-corrected chi connectivity index (χ3v) is 3.65. The summed E-state index contributed by atoms with van der Waals surface area (Å²) in [6.45, 7) is 2.04. The van der Waals surface area contributed by atoms with Gasteiger partial charge in [0.15, 0.2) is 0 Å². The zero-order valence-corrected chi connectivity index (χ0v) is 13.7. The molecular weight excluding hydrogens is 339 g/mol. The standard InChI is InChI=1S/C16H18F3N3O3/c1-15(2,16(17,18)19)25-14(23)22-10-5-6-13-12(8-10)21-9-11(24-13)4-3-7-20/h5-6,8,11,21H,3-4,9H2,1-2H3,(H,22,23). The van der Waals surface area contributed by atoms with E-state index in [1.807, 2.05) is 6.07 Å². The van der Waals surface area contributed by atoms with Gasteiger partial charge in [-0.3, -0.25) is 5.32 Å². The van der Waals surface area contributed by atoms with Gasteiger partial charge in [-0.1, -0.05) is 0 Å². The van der Waals surface area contributed by atoms with Gasteiger partial charge >= 0.3 is 12.3 Å². The molecule has 0 radical (unpaired) electrons. The Bertz CT molecular complexity index is 683. The van der Waals surface area contributed by atoms with Crippen molar-refractivity contribution in [3.05, 3.63) is 18.2 Å². The van der Waals surface area contributed by atoms with Gasteiger partial charge < -0.3 is 14.8 Å². The molecule has 25 heavy (non-hydrogen) atoms. The van der Waals surface area contributed by atoms with Gasteiger partial charge in [0.05, 0.1) is 18.3 Å². The maximum absolute atomic E-state index is 12.7. The van der Waals surface area contributed by atoms with E-state index in [2.05, 4.69) is 15.4 Å². The zero-order chi connectivity index (χ0) is 18.7. The number of hydrogen-bond donors (Lipinski definition) is 2. The van der Waals surface area contributed by atoms with Gasteiger partial charge in [0.25, 0.3) is 0 Å². The second-order valence-electron chi connectivity index (χ2n) is 6.05. The molecule has 1 aliphatic heterocycles. The van der Waals surface area contributed by atoms with Crippen molar-refractivity contribution in [3.8, 4) is 11.8 Å². The molecule has 1 amide bonds. The minimum atomic E-state index is -4.67. The summed E-state index contributed by atoms with van der Waals surface area (Å²) in [6, 6.07) is 6.67. The minimum Gasteiger partial charge on any atom is -0.486 e. The van der Waals surface area contributed by atoms with Crippen LogP contribution < -0.4 is 15.4 Å². The largest absolute Gasteiger partial charge is 0.486 e. The molecule has 0 aliphatic carbocycles. The number of benzene rings is 1. The number of carbonyl (C=O) groups is 1. The van der Waals surface area contributed by atoms with Crippen molar-refractivity contribution in [2.45, 2.75) is 44.6 Å². The summed E-state index contributed by atoms with van der Waals surface area (Å²) in [5, 5.41) is 14.0. The number of rotatable bonds is 4. The predicted octanol–water partition coefficient (Wildman–Crippen LogP) is 4.05. The quantitative estimate of drug-likeness (QED) is 0.849. The van der Waals surface area contributed by atoms with E-state index in [-0.39, 0.29) is 11.8 Å². The molecule has 9 heteroatoms. The molecule has 0 saturated heterocycles. The average molecular weight is 357 g/mol. The molecule has 1 unspecified atom stereocenters. The summed E-state index contributed by atoms with van der Waals surface area (Å²) in [5.41, 5.74) is -1.73. The fourth-order valence-corrected chi connectivity index (χ4v) is 2.11. The number of hydrogen-bond acceptors (Lipinski definition) is 5. The number of nitriles is 1. The fraction of sp³-hybridized carbons (Fsp3) is 0.500. The van der Waals surface area contributed by atoms with E-state index >= 15 is 0 Å². The molecule has 1 aliphatic rings. The second-order valence-corrected chi connectivity index (χ2v) is 6.05. The Labute approximate surface area is 142 Å². The molecule has 136 valence electrons. The lowest BCUT2D eigenvalue weighted by Gasteiger charge is -2.28. The summed E-state index contributed by atoms with van der Waals surface area (Å²) < 4.78 is 48.4. The van der Waals surface area contributed by atoms with Gasteiger partial charge in [0, 0.05) is 12.1 Å². The Morgan fingerprint density at radius 3 is 2.84 bits per heavy atom. The highest BCUT2D eigenvalue weighted by Gasteiger charge is 2.50. The highest BCUT2D eigenvalue weighted by molar-refractivity contribution is 5.86. The molecule has 0 spiro atoms. The van der Waals surface area contributed by atoms with Crippen LogP contribution >= 0.6 is 0 Å². The highest BCUT2D eigenvalue weighted by atomic mass is 19.4. The van der Waals surface area contributed by atoms with Gasteiger partial charge in [-0.25, -0.2) is 4.79 Å². The van der Waals surface area contributed by atoms with E-state index in [4.69, 9.17) is 10.00 Å². The van der Waals surface area contributed by atoms with Gasteiger partial charge in [-0.15, -0.1) is 0 Å². The third-order valence-electron chi connectivity index (χ3n) is 3.65. The van der Waals surface area contributed by atoms with Crippen LogP contribution in [0.15, 0.2) is 18.2 Å². The first-order valence-corrected chi connectivity index (χ1v) is 7.60. The molecule has 0 bridgehead atoms. The molecule has 1 aromatic carbocycles. The summed E-state index contributed by atoms with van der Waals surface area (Å²) in [7, 11) is 0. The van der Waals surface area contributed by atoms with Crippen molar-refractivity contribution in [2.75, 3.05) is 17.2 Å². The van der Waals surface area contributed by atoms with Crippen molar-refractivity contribution < 1.29 is 27.4 Å². The summed E-state index contributed by atoms with van der Waals surface area (Å²) in [5.74, 6) is 0.545. The number of ether oxygens (including phenoxy) is 2. The molecule has 6 nitrogen and oxygen atoms in total. The number of nitrogens with one attached hydrogen (secondary N) is 2. The molecule has 0 fully saturated rings. The van der Waals surface area contributed by atoms with Crippen molar-refractivity contribution in [2.24, 2.45) is 0 Å². The highest BCUT2D eigenvalue weighted by Crippen LogP contribution is 2.34. The Kier molecular flexibility index (Phi) is 5.30. The predicted molar refractivity (Wildman–Crippen MR) is 84.4 cm³/mol. The van der Waals surface area contributed by atoms with E-state index in [1.54, 1.807) is 6.07 Å². The van der Waals surface area contributed by atoms with E-state index < -0.39 is 17.9 Å². The van der Waals surface area contributed by atoms with Crippen molar-refractivity contribution in [1.29, 1.82) is 5.26 Å². The number of fused-ring (bicyclic) bond motifs is 1. The molecule has 1 atom stereocenters. The number of nitrogens with zero attached hydrogens (tertiary/aromatic N) is 1. The lowest BCUT2D eigenvalue weighted by molar-refractivity contribution is -0.242. The molecule has 0 aromatic heterocycles. The molecule has 1 heterocycles. The average Bonchev–Trinajstić information content (AvgIpc) is 2.51. The molecule has 2 N–H and O–H groups in total. The van der Waals surface area contributed by atoms with Gasteiger partial charge in [-0.2, -0.15) is 18.4 Å². The van der Waals surface area contributed by atoms with Crippen LogP contribution in [0.4, 0.5) is 29.3 Å². The Morgan fingerprint density at radius 1 is 1.48 bits per heavy atom. The second kappa shape index (κ2) is 7.09. The van der Waals surface area contributed by atoms with Crippen LogP contribution in [0.25, 0.3) is 0 Å². The van der Waals surface area contributed by atoms with E-state index in [9.17, 15) is 18.0 Å². The topological polar surface area (TPSA) is 83.4 Å². The van der Waals surface area contributed by atoms with Gasteiger partial charge in [0.1, 0.15) is 11.9 Å². The first-order valence-electron chi connectivity index (χ1n) is 7.60. The van der Waals surface area contributed by atoms with Crippen molar-refractivity contribution in [3.63, 3.8) is 0 Å². The lowest BCUT2D eigenvalue weighted by atomic mass is 10.1. The van der Waals surface area contributed by atoms with E-state index in [0.29, 0.717) is 30.8 Å². The molecule has 1 aromatic rings. The Balaban J connectivity index is 1.99. The summed E-state index contributed by atoms with van der Waals surface area (Å²) in [6.07, 6.45) is -5.05. The smallest absolute Gasteiger partial charge is 0.427 e. The molecular formula is C16H18F3N3O3. The van der Waals surface area contributed by atoms with Gasteiger partial charge in [-0.05, 0) is 38.5 Å². The van der Waals surface area contributed by atoms with Gasteiger partial charge in [0.2, 0.25) is 5.60 Å². The normalized spacial score (nSPS) is 16.7. The lowest BCUT2D eigenvalue weighted by Crippen LogP contribution is -2.44. The third kappa shape index (κ3) is 4.68. The van der Waals surface area contributed by atoms with Crippen LogP contribution in [0.3, 0.4) is 0 Å². The minimum absolute atomic E-state index is 0.136. The maximum Gasteiger partial charge on any atom is 0.427 e. The molecule has 2 rings (SSSR count).